The van der Waals surface area contributed by atoms with Crippen LogP contribution in [0.25, 0.3) is 5.82 Å². The van der Waals surface area contributed by atoms with E-state index >= 15 is 0 Å². The van der Waals surface area contributed by atoms with E-state index in [2.05, 4.69) is 20.0 Å². The van der Waals surface area contributed by atoms with Gasteiger partial charge in [-0.2, -0.15) is 0 Å². The van der Waals surface area contributed by atoms with Gasteiger partial charge in [0.15, 0.2) is 0 Å². The summed E-state index contributed by atoms with van der Waals surface area (Å²) in [7, 11) is -3.69. The van der Waals surface area contributed by atoms with E-state index in [1.165, 1.54) is 18.3 Å². The first-order valence-electron chi connectivity index (χ1n) is 8.54. The lowest BCUT2D eigenvalue weighted by atomic mass is 10.1. The number of amides is 1. The SMILES string of the molecule is CC(C)(C)NS(=O)(=O)c1cccc(NC(=O)c2ccc(-n3ccnc3)nc2)c1. The van der Waals surface area contributed by atoms with Crippen molar-refractivity contribution < 1.29 is 13.2 Å². The summed E-state index contributed by atoms with van der Waals surface area (Å²) >= 11 is 0. The molecule has 0 aliphatic heterocycles. The molecular formula is C19H21N5O3S. The van der Waals surface area contributed by atoms with Crippen LogP contribution in [0.15, 0.2) is 66.2 Å². The first-order chi connectivity index (χ1) is 13.1. The van der Waals surface area contributed by atoms with E-state index in [0.717, 1.165) is 0 Å². The van der Waals surface area contributed by atoms with Crippen molar-refractivity contribution in [3.05, 3.63) is 66.9 Å². The first-order valence-corrected chi connectivity index (χ1v) is 10.0. The molecule has 2 N–H and O–H groups in total. The van der Waals surface area contributed by atoms with E-state index in [1.54, 1.807) is 68.3 Å². The van der Waals surface area contributed by atoms with Gasteiger partial charge < -0.3 is 5.32 Å². The number of carbonyl (C=O) groups is 1. The first kappa shape index (κ1) is 19.7. The smallest absolute Gasteiger partial charge is 0.257 e. The van der Waals surface area contributed by atoms with Gasteiger partial charge in [-0.3, -0.25) is 9.36 Å². The van der Waals surface area contributed by atoms with Crippen LogP contribution in [0, 0.1) is 0 Å². The molecule has 0 aliphatic carbocycles. The second-order valence-corrected chi connectivity index (χ2v) is 8.89. The monoisotopic (exact) mass is 399 g/mol. The number of pyridine rings is 1. The van der Waals surface area contributed by atoms with Crippen LogP contribution in [0.3, 0.4) is 0 Å². The second-order valence-electron chi connectivity index (χ2n) is 7.21. The fourth-order valence-electron chi connectivity index (χ4n) is 2.47. The molecule has 0 saturated carbocycles. The molecule has 1 amide bonds. The molecule has 146 valence electrons. The van der Waals surface area contributed by atoms with Gasteiger partial charge in [0.1, 0.15) is 12.1 Å². The molecular weight excluding hydrogens is 378 g/mol. The Labute approximate surface area is 163 Å². The summed E-state index contributed by atoms with van der Waals surface area (Å²) in [5.74, 6) is 0.249. The molecule has 3 rings (SSSR count). The van der Waals surface area contributed by atoms with Crippen molar-refractivity contribution >= 4 is 21.6 Å². The van der Waals surface area contributed by atoms with Crippen molar-refractivity contribution in [2.75, 3.05) is 5.32 Å². The van der Waals surface area contributed by atoms with Crippen molar-refractivity contribution in [2.45, 2.75) is 31.2 Å². The van der Waals surface area contributed by atoms with Crippen LogP contribution in [0.2, 0.25) is 0 Å². The molecule has 3 aromatic rings. The van der Waals surface area contributed by atoms with Crippen LogP contribution in [0.5, 0.6) is 0 Å². The average molecular weight is 399 g/mol. The summed E-state index contributed by atoms with van der Waals surface area (Å²) in [6, 6.07) is 9.43. The third-order valence-electron chi connectivity index (χ3n) is 3.62. The Morgan fingerprint density at radius 1 is 1.14 bits per heavy atom. The highest BCUT2D eigenvalue weighted by Gasteiger charge is 2.22. The van der Waals surface area contributed by atoms with Crippen LogP contribution in [-0.4, -0.2) is 34.4 Å². The minimum atomic E-state index is -3.69. The number of carbonyl (C=O) groups excluding carboxylic acids is 1. The Morgan fingerprint density at radius 3 is 2.54 bits per heavy atom. The maximum Gasteiger partial charge on any atom is 0.257 e. The number of benzene rings is 1. The molecule has 9 heteroatoms. The van der Waals surface area contributed by atoms with Gasteiger partial charge in [-0.25, -0.2) is 23.1 Å². The predicted octanol–water partition coefficient (Wildman–Crippen LogP) is 2.60. The molecule has 0 radical (unpaired) electrons. The highest BCUT2D eigenvalue weighted by molar-refractivity contribution is 7.89. The number of hydrogen-bond donors (Lipinski definition) is 2. The minimum absolute atomic E-state index is 0.0776. The van der Waals surface area contributed by atoms with Crippen molar-refractivity contribution in [3.63, 3.8) is 0 Å². The Balaban J connectivity index is 1.76. The van der Waals surface area contributed by atoms with Crippen molar-refractivity contribution in [2.24, 2.45) is 0 Å². The van der Waals surface area contributed by atoms with Crippen LogP contribution in [-0.2, 0) is 10.0 Å². The van der Waals surface area contributed by atoms with Crippen LogP contribution >= 0.6 is 0 Å². The second kappa shape index (κ2) is 7.53. The van der Waals surface area contributed by atoms with Crippen molar-refractivity contribution in [1.29, 1.82) is 0 Å². The molecule has 28 heavy (non-hydrogen) atoms. The highest BCUT2D eigenvalue weighted by atomic mass is 32.2. The molecule has 0 aliphatic rings. The lowest BCUT2D eigenvalue weighted by molar-refractivity contribution is 0.102. The summed E-state index contributed by atoms with van der Waals surface area (Å²) in [6.07, 6.45) is 6.45. The van der Waals surface area contributed by atoms with Crippen molar-refractivity contribution in [1.82, 2.24) is 19.3 Å². The Bertz CT molecular complexity index is 1070. The largest absolute Gasteiger partial charge is 0.322 e. The zero-order chi connectivity index (χ0) is 20.4. The Hall–Kier alpha value is -3.04. The number of sulfonamides is 1. The van der Waals surface area contributed by atoms with Crippen LogP contribution in [0.4, 0.5) is 5.69 Å². The van der Waals surface area contributed by atoms with Gasteiger partial charge in [0, 0.05) is 29.8 Å². The number of nitrogens with zero attached hydrogens (tertiary/aromatic N) is 3. The third kappa shape index (κ3) is 4.81. The Kier molecular flexibility index (Phi) is 5.30. The molecule has 8 nitrogen and oxygen atoms in total. The predicted molar refractivity (Wildman–Crippen MR) is 106 cm³/mol. The molecule has 2 aromatic heterocycles. The quantitative estimate of drug-likeness (QED) is 0.686. The fourth-order valence-corrected chi connectivity index (χ4v) is 3.94. The van der Waals surface area contributed by atoms with E-state index in [1.807, 2.05) is 0 Å². The standard InChI is InChI=1S/C19H21N5O3S/c1-19(2,3)23-28(26,27)16-6-4-5-15(11-16)22-18(25)14-7-8-17(21-12-14)24-10-9-20-13-24/h4-13,23H,1-3H3,(H,22,25). The Morgan fingerprint density at radius 2 is 1.93 bits per heavy atom. The van der Waals surface area contributed by atoms with Crippen molar-refractivity contribution in [3.8, 4) is 5.82 Å². The number of nitrogens with one attached hydrogen (secondary N) is 2. The van der Waals surface area contributed by atoms with E-state index in [0.29, 0.717) is 17.1 Å². The van der Waals surface area contributed by atoms with Gasteiger partial charge in [-0.05, 0) is 51.1 Å². The lowest BCUT2D eigenvalue weighted by Gasteiger charge is -2.20. The van der Waals surface area contributed by atoms with E-state index < -0.39 is 15.6 Å². The number of anilines is 1. The topological polar surface area (TPSA) is 106 Å². The number of rotatable bonds is 5. The van der Waals surface area contributed by atoms with Gasteiger partial charge in [0.25, 0.3) is 5.91 Å². The maximum atomic E-state index is 12.5. The minimum Gasteiger partial charge on any atom is -0.322 e. The summed E-state index contributed by atoms with van der Waals surface area (Å²) < 4.78 is 29.2. The van der Waals surface area contributed by atoms with Gasteiger partial charge in [0.2, 0.25) is 10.0 Å². The summed E-state index contributed by atoms with van der Waals surface area (Å²) in [5, 5.41) is 2.70. The fraction of sp³-hybridized carbons (Fsp3) is 0.211. The number of hydrogen-bond acceptors (Lipinski definition) is 5. The van der Waals surface area contributed by atoms with Gasteiger partial charge >= 0.3 is 0 Å². The third-order valence-corrected chi connectivity index (χ3v) is 5.38. The lowest BCUT2D eigenvalue weighted by Crippen LogP contribution is -2.40. The molecule has 0 spiro atoms. The molecule has 1 aromatic carbocycles. The molecule has 2 heterocycles. The van der Waals surface area contributed by atoms with Crippen LogP contribution in [0.1, 0.15) is 31.1 Å². The molecule has 0 fully saturated rings. The summed E-state index contributed by atoms with van der Waals surface area (Å²) in [4.78, 5) is 20.7. The van der Waals surface area contributed by atoms with Gasteiger partial charge in [-0.15, -0.1) is 0 Å². The molecule has 0 unspecified atom stereocenters. The molecule has 0 bridgehead atoms. The van der Waals surface area contributed by atoms with Gasteiger partial charge in [0.05, 0.1) is 10.5 Å². The molecule has 0 saturated heterocycles. The van der Waals surface area contributed by atoms with Gasteiger partial charge in [-0.1, -0.05) is 6.07 Å². The zero-order valence-corrected chi connectivity index (χ0v) is 16.6. The van der Waals surface area contributed by atoms with E-state index in [-0.39, 0.29) is 10.8 Å². The van der Waals surface area contributed by atoms with E-state index in [9.17, 15) is 13.2 Å². The number of aromatic nitrogens is 3. The average Bonchev–Trinajstić information content (AvgIpc) is 3.15. The molecule has 0 atom stereocenters. The van der Waals surface area contributed by atoms with Crippen LogP contribution < -0.4 is 10.0 Å². The summed E-state index contributed by atoms with van der Waals surface area (Å²) in [5.41, 5.74) is 0.117. The number of imidazole rings is 1. The highest BCUT2D eigenvalue weighted by Crippen LogP contribution is 2.18. The summed E-state index contributed by atoms with van der Waals surface area (Å²) in [6.45, 7) is 5.28. The maximum absolute atomic E-state index is 12.5. The zero-order valence-electron chi connectivity index (χ0n) is 15.7. The normalized spacial score (nSPS) is 12.0. The van der Waals surface area contributed by atoms with E-state index in [4.69, 9.17) is 0 Å².